The summed E-state index contributed by atoms with van der Waals surface area (Å²) in [6, 6.07) is 10.2. The lowest BCUT2D eigenvalue weighted by Crippen LogP contribution is -2.37. The molecule has 6 nitrogen and oxygen atoms in total. The minimum absolute atomic E-state index is 0.0281. The van der Waals surface area contributed by atoms with Gasteiger partial charge in [0.15, 0.2) is 5.78 Å². The highest BCUT2D eigenvalue weighted by Crippen LogP contribution is 2.15. The summed E-state index contributed by atoms with van der Waals surface area (Å²) in [5, 5.41) is 2.76. The third-order valence-electron chi connectivity index (χ3n) is 3.51. The highest BCUT2D eigenvalue weighted by molar-refractivity contribution is 5.96. The fourth-order valence-corrected chi connectivity index (χ4v) is 2.22. The van der Waals surface area contributed by atoms with Crippen LogP contribution in [0.1, 0.15) is 34.6 Å². The van der Waals surface area contributed by atoms with Crippen LogP contribution in [-0.4, -0.2) is 35.7 Å². The smallest absolute Gasteiger partial charge is 0.252 e. The number of nitrogens with one attached hydrogen (secondary N) is 1. The van der Waals surface area contributed by atoms with Gasteiger partial charge in [-0.05, 0) is 43.3 Å². The molecule has 6 heteroatoms. The summed E-state index contributed by atoms with van der Waals surface area (Å²) in [7, 11) is 0. The van der Waals surface area contributed by atoms with Crippen LogP contribution in [0.5, 0.6) is 0 Å². The molecule has 1 aromatic carbocycles. The standard InChI is InChI=1S/C18H19N3O3/c1-13(22)15-5-7-17(8-6-15)21(14(2)23)11-10-20-18(24)16-4-3-9-19-12-16/h3-9,12H,10-11H2,1-2H3,(H,20,24). The summed E-state index contributed by atoms with van der Waals surface area (Å²) in [5.41, 5.74) is 1.74. The Bertz CT molecular complexity index is 727. The molecule has 0 spiro atoms. The van der Waals surface area contributed by atoms with Gasteiger partial charge in [0.25, 0.3) is 5.91 Å². The maximum Gasteiger partial charge on any atom is 0.252 e. The summed E-state index contributed by atoms with van der Waals surface area (Å²) in [6.07, 6.45) is 3.08. The molecule has 2 aromatic rings. The van der Waals surface area contributed by atoms with Crippen molar-refractivity contribution in [2.24, 2.45) is 0 Å². The summed E-state index contributed by atoms with van der Waals surface area (Å²) in [6.45, 7) is 3.59. The Labute approximate surface area is 140 Å². The Morgan fingerprint density at radius 3 is 2.29 bits per heavy atom. The fourth-order valence-electron chi connectivity index (χ4n) is 2.22. The quantitative estimate of drug-likeness (QED) is 0.825. The van der Waals surface area contributed by atoms with Gasteiger partial charge in [-0.15, -0.1) is 0 Å². The molecule has 0 fully saturated rings. The van der Waals surface area contributed by atoms with Gasteiger partial charge in [0, 0.05) is 43.7 Å². The molecular weight excluding hydrogens is 306 g/mol. The highest BCUT2D eigenvalue weighted by atomic mass is 16.2. The first kappa shape index (κ1) is 17.3. The number of nitrogens with zero attached hydrogens (tertiary/aromatic N) is 2. The molecule has 0 radical (unpaired) electrons. The normalized spacial score (nSPS) is 10.1. The predicted octanol–water partition coefficient (Wildman–Crippen LogP) is 2.07. The van der Waals surface area contributed by atoms with Gasteiger partial charge in [0.1, 0.15) is 0 Å². The second kappa shape index (κ2) is 8.01. The molecule has 1 aromatic heterocycles. The van der Waals surface area contributed by atoms with E-state index < -0.39 is 0 Å². The number of carbonyl (C=O) groups excluding carboxylic acids is 3. The van der Waals surface area contributed by atoms with Gasteiger partial charge in [0.05, 0.1) is 5.56 Å². The van der Waals surface area contributed by atoms with E-state index in [1.165, 1.54) is 20.0 Å². The van der Waals surface area contributed by atoms with Crippen LogP contribution in [0.4, 0.5) is 5.69 Å². The van der Waals surface area contributed by atoms with Gasteiger partial charge in [-0.1, -0.05) is 0 Å². The van der Waals surface area contributed by atoms with Crippen LogP contribution in [0.25, 0.3) is 0 Å². The molecule has 0 aliphatic rings. The zero-order valence-electron chi connectivity index (χ0n) is 13.7. The maximum atomic E-state index is 12.0. The van der Waals surface area contributed by atoms with E-state index in [1.807, 2.05) is 0 Å². The lowest BCUT2D eigenvalue weighted by atomic mass is 10.1. The van der Waals surface area contributed by atoms with Gasteiger partial charge in [-0.2, -0.15) is 0 Å². The number of pyridine rings is 1. The minimum Gasteiger partial charge on any atom is -0.350 e. The molecule has 1 heterocycles. The van der Waals surface area contributed by atoms with Crippen LogP contribution >= 0.6 is 0 Å². The molecule has 24 heavy (non-hydrogen) atoms. The number of carbonyl (C=O) groups is 3. The Kier molecular flexibility index (Phi) is 5.78. The number of ketones is 1. The zero-order valence-corrected chi connectivity index (χ0v) is 13.7. The van der Waals surface area contributed by atoms with Crippen molar-refractivity contribution in [3.05, 3.63) is 59.9 Å². The van der Waals surface area contributed by atoms with E-state index in [0.29, 0.717) is 29.9 Å². The monoisotopic (exact) mass is 325 g/mol. The van der Waals surface area contributed by atoms with Crippen LogP contribution in [-0.2, 0) is 4.79 Å². The largest absolute Gasteiger partial charge is 0.350 e. The van der Waals surface area contributed by atoms with Gasteiger partial charge in [-0.25, -0.2) is 0 Å². The fraction of sp³-hybridized carbons (Fsp3) is 0.222. The number of anilines is 1. The third kappa shape index (κ3) is 4.49. The molecule has 1 N–H and O–H groups in total. The molecule has 2 amide bonds. The number of aromatic nitrogens is 1. The van der Waals surface area contributed by atoms with E-state index in [0.717, 1.165) is 0 Å². The predicted molar refractivity (Wildman–Crippen MR) is 91.0 cm³/mol. The topological polar surface area (TPSA) is 79.4 Å². The van der Waals surface area contributed by atoms with Crippen molar-refractivity contribution >= 4 is 23.3 Å². The van der Waals surface area contributed by atoms with Crippen LogP contribution in [0, 0.1) is 0 Å². The number of benzene rings is 1. The first-order chi connectivity index (χ1) is 11.5. The van der Waals surface area contributed by atoms with E-state index in [4.69, 9.17) is 0 Å². The summed E-state index contributed by atoms with van der Waals surface area (Å²) >= 11 is 0. The van der Waals surface area contributed by atoms with Crippen LogP contribution in [0.15, 0.2) is 48.8 Å². The second-order valence-corrected chi connectivity index (χ2v) is 5.27. The molecular formula is C18H19N3O3. The van der Waals surface area contributed by atoms with Crippen molar-refractivity contribution < 1.29 is 14.4 Å². The molecule has 0 unspecified atom stereocenters. The van der Waals surface area contributed by atoms with E-state index in [2.05, 4.69) is 10.3 Å². The molecule has 0 saturated heterocycles. The summed E-state index contributed by atoms with van der Waals surface area (Å²) in [5.74, 6) is -0.403. The Balaban J connectivity index is 1.98. The van der Waals surface area contributed by atoms with E-state index in [1.54, 1.807) is 47.5 Å². The van der Waals surface area contributed by atoms with Gasteiger partial charge in [-0.3, -0.25) is 19.4 Å². The molecule has 0 saturated carbocycles. The molecule has 0 aliphatic carbocycles. The van der Waals surface area contributed by atoms with Crippen molar-refractivity contribution in [2.45, 2.75) is 13.8 Å². The van der Waals surface area contributed by atoms with Crippen LogP contribution < -0.4 is 10.2 Å². The molecule has 0 atom stereocenters. The Morgan fingerprint density at radius 2 is 1.75 bits per heavy atom. The minimum atomic E-state index is -0.237. The molecule has 0 aliphatic heterocycles. The van der Waals surface area contributed by atoms with Crippen molar-refractivity contribution in [1.29, 1.82) is 0 Å². The SMILES string of the molecule is CC(=O)c1ccc(N(CCNC(=O)c2cccnc2)C(C)=O)cc1. The first-order valence-corrected chi connectivity index (χ1v) is 7.56. The molecule has 0 bridgehead atoms. The van der Waals surface area contributed by atoms with Gasteiger partial charge >= 0.3 is 0 Å². The van der Waals surface area contributed by atoms with Crippen molar-refractivity contribution in [2.75, 3.05) is 18.0 Å². The Morgan fingerprint density at radius 1 is 1.04 bits per heavy atom. The lowest BCUT2D eigenvalue weighted by Gasteiger charge is -2.21. The van der Waals surface area contributed by atoms with E-state index in [9.17, 15) is 14.4 Å². The van der Waals surface area contributed by atoms with Crippen molar-refractivity contribution in [3.63, 3.8) is 0 Å². The summed E-state index contributed by atoms with van der Waals surface area (Å²) in [4.78, 5) is 40.6. The zero-order chi connectivity index (χ0) is 17.5. The average Bonchev–Trinajstić information content (AvgIpc) is 2.59. The lowest BCUT2D eigenvalue weighted by molar-refractivity contribution is -0.116. The number of hydrogen-bond donors (Lipinski definition) is 1. The maximum absolute atomic E-state index is 12.0. The molecule has 124 valence electrons. The van der Waals surface area contributed by atoms with E-state index in [-0.39, 0.29) is 17.6 Å². The van der Waals surface area contributed by atoms with Gasteiger partial charge < -0.3 is 10.2 Å². The highest BCUT2D eigenvalue weighted by Gasteiger charge is 2.13. The van der Waals surface area contributed by atoms with Crippen molar-refractivity contribution in [1.82, 2.24) is 10.3 Å². The number of hydrogen-bond acceptors (Lipinski definition) is 4. The van der Waals surface area contributed by atoms with Crippen LogP contribution in [0.3, 0.4) is 0 Å². The average molecular weight is 325 g/mol. The molecule has 2 rings (SSSR count). The Hall–Kier alpha value is -3.02. The summed E-state index contributed by atoms with van der Waals surface area (Å²) < 4.78 is 0. The number of Topliss-reactive ketones (excluding diaryl/α,β-unsaturated/α-hetero) is 1. The van der Waals surface area contributed by atoms with E-state index >= 15 is 0 Å². The van der Waals surface area contributed by atoms with Gasteiger partial charge in [0.2, 0.25) is 5.91 Å². The first-order valence-electron chi connectivity index (χ1n) is 7.56. The number of rotatable bonds is 6. The third-order valence-corrected chi connectivity index (χ3v) is 3.51. The van der Waals surface area contributed by atoms with Crippen molar-refractivity contribution in [3.8, 4) is 0 Å². The number of amides is 2. The van der Waals surface area contributed by atoms with Crippen LogP contribution in [0.2, 0.25) is 0 Å². The second-order valence-electron chi connectivity index (χ2n) is 5.27.